The highest BCUT2D eigenvalue weighted by atomic mass is 19.1. The van der Waals surface area contributed by atoms with E-state index in [4.69, 9.17) is 5.73 Å². The van der Waals surface area contributed by atoms with Gasteiger partial charge in [0.25, 0.3) is 0 Å². The SMILES string of the molecule is CCn1ncc(Cc2nn(C)nc2-c2ccc(F)cc2C(C)=O)c1-c1cnc(N)c(O)c1. The van der Waals surface area contributed by atoms with Crippen molar-refractivity contribution in [2.45, 2.75) is 26.8 Å². The fourth-order valence-corrected chi connectivity index (χ4v) is 3.69. The third-order valence-electron chi connectivity index (χ3n) is 5.14. The number of carbonyl (C=O) groups is 1. The van der Waals surface area contributed by atoms with Crippen molar-refractivity contribution in [3.05, 3.63) is 59.3 Å². The van der Waals surface area contributed by atoms with E-state index >= 15 is 0 Å². The summed E-state index contributed by atoms with van der Waals surface area (Å²) in [6.07, 6.45) is 3.65. The summed E-state index contributed by atoms with van der Waals surface area (Å²) < 4.78 is 15.6. The van der Waals surface area contributed by atoms with Crippen molar-refractivity contribution in [3.63, 3.8) is 0 Å². The molecule has 0 unspecified atom stereocenters. The molecular formula is C22H22FN7O2. The van der Waals surface area contributed by atoms with Gasteiger partial charge in [-0.2, -0.15) is 20.1 Å². The van der Waals surface area contributed by atoms with Crippen LogP contribution in [0.15, 0.2) is 36.7 Å². The molecule has 1 aromatic carbocycles. The second-order valence-corrected chi connectivity index (χ2v) is 7.37. The van der Waals surface area contributed by atoms with E-state index in [0.29, 0.717) is 35.5 Å². The molecule has 9 nitrogen and oxygen atoms in total. The summed E-state index contributed by atoms with van der Waals surface area (Å²) >= 11 is 0. The molecule has 3 heterocycles. The van der Waals surface area contributed by atoms with Gasteiger partial charge in [-0.1, -0.05) is 0 Å². The Labute approximate surface area is 183 Å². The molecule has 4 rings (SSSR count). The lowest BCUT2D eigenvalue weighted by atomic mass is 9.97. The highest BCUT2D eigenvalue weighted by Crippen LogP contribution is 2.32. The summed E-state index contributed by atoms with van der Waals surface area (Å²) in [5.74, 6) is -0.831. The topological polar surface area (TPSA) is 125 Å². The lowest BCUT2D eigenvalue weighted by Crippen LogP contribution is -2.03. The number of Topliss-reactive ketones (excluding diaryl/α,β-unsaturated/α-hetero) is 1. The van der Waals surface area contributed by atoms with Gasteiger partial charge in [0.15, 0.2) is 17.4 Å². The van der Waals surface area contributed by atoms with Crippen molar-refractivity contribution in [1.82, 2.24) is 29.8 Å². The van der Waals surface area contributed by atoms with E-state index in [1.807, 2.05) is 6.92 Å². The van der Waals surface area contributed by atoms with Gasteiger partial charge >= 0.3 is 0 Å². The summed E-state index contributed by atoms with van der Waals surface area (Å²) in [6.45, 7) is 3.94. The van der Waals surface area contributed by atoms with Crippen LogP contribution in [0.3, 0.4) is 0 Å². The van der Waals surface area contributed by atoms with Crippen molar-refractivity contribution < 1.29 is 14.3 Å². The number of anilines is 1. The molecule has 32 heavy (non-hydrogen) atoms. The van der Waals surface area contributed by atoms with Crippen LogP contribution in [0.2, 0.25) is 0 Å². The Bertz CT molecular complexity index is 1330. The maximum absolute atomic E-state index is 13.8. The van der Waals surface area contributed by atoms with Crippen LogP contribution in [0.25, 0.3) is 22.5 Å². The van der Waals surface area contributed by atoms with Gasteiger partial charge in [-0.05, 0) is 38.1 Å². The number of hydrogen-bond acceptors (Lipinski definition) is 7. The molecule has 0 radical (unpaired) electrons. The number of carbonyl (C=O) groups excluding carboxylic acids is 1. The highest BCUT2D eigenvalue weighted by molar-refractivity contribution is 6.00. The highest BCUT2D eigenvalue weighted by Gasteiger charge is 2.22. The predicted molar refractivity (Wildman–Crippen MR) is 116 cm³/mol. The van der Waals surface area contributed by atoms with Crippen LogP contribution in [0.4, 0.5) is 10.2 Å². The van der Waals surface area contributed by atoms with Crippen molar-refractivity contribution >= 4 is 11.6 Å². The van der Waals surface area contributed by atoms with E-state index in [1.54, 1.807) is 30.2 Å². The molecule has 0 aliphatic rings. The molecule has 0 atom stereocenters. The Kier molecular flexibility index (Phi) is 5.43. The molecule has 164 valence electrons. The molecule has 0 bridgehead atoms. The van der Waals surface area contributed by atoms with Gasteiger partial charge in [-0.25, -0.2) is 9.37 Å². The van der Waals surface area contributed by atoms with Gasteiger partial charge in [0.1, 0.15) is 11.5 Å². The normalized spacial score (nSPS) is 11.1. The van der Waals surface area contributed by atoms with Gasteiger partial charge in [-0.15, -0.1) is 0 Å². The maximum atomic E-state index is 13.8. The molecular weight excluding hydrogens is 413 g/mol. The Hall–Kier alpha value is -4.08. The van der Waals surface area contributed by atoms with Crippen LogP contribution in [0.1, 0.15) is 35.5 Å². The first-order chi connectivity index (χ1) is 15.3. The number of halogens is 1. The summed E-state index contributed by atoms with van der Waals surface area (Å²) in [5, 5.41) is 23.4. The average molecular weight is 435 g/mol. The Balaban J connectivity index is 1.82. The minimum atomic E-state index is -0.494. The number of rotatable bonds is 6. The molecule has 3 N–H and O–H groups in total. The van der Waals surface area contributed by atoms with E-state index in [-0.39, 0.29) is 22.9 Å². The van der Waals surface area contributed by atoms with Crippen molar-refractivity contribution in [1.29, 1.82) is 0 Å². The average Bonchev–Trinajstić information content (AvgIpc) is 3.33. The number of nitrogen functional groups attached to an aromatic ring is 1. The predicted octanol–water partition coefficient (Wildman–Crippen LogP) is 2.98. The lowest BCUT2D eigenvalue weighted by Gasteiger charge is -2.10. The van der Waals surface area contributed by atoms with Crippen molar-refractivity contribution in [2.24, 2.45) is 7.05 Å². The first-order valence-corrected chi connectivity index (χ1v) is 9.99. The molecule has 10 heteroatoms. The Morgan fingerprint density at radius 1 is 1.22 bits per heavy atom. The number of benzene rings is 1. The fraction of sp³-hybridized carbons (Fsp3) is 0.227. The zero-order valence-corrected chi connectivity index (χ0v) is 17.9. The van der Waals surface area contributed by atoms with Gasteiger partial charge in [0.05, 0.1) is 17.6 Å². The largest absolute Gasteiger partial charge is 0.504 e. The van der Waals surface area contributed by atoms with Gasteiger partial charge < -0.3 is 10.8 Å². The molecule has 0 amide bonds. The zero-order valence-electron chi connectivity index (χ0n) is 17.9. The van der Waals surface area contributed by atoms with Crippen LogP contribution in [-0.4, -0.2) is 40.6 Å². The number of hydrogen-bond donors (Lipinski definition) is 2. The van der Waals surface area contributed by atoms with E-state index in [2.05, 4.69) is 20.3 Å². The summed E-state index contributed by atoms with van der Waals surface area (Å²) in [4.78, 5) is 17.6. The van der Waals surface area contributed by atoms with Crippen LogP contribution >= 0.6 is 0 Å². The standard InChI is InChI=1S/C22H22FN7O2/c1-4-30-21(14-8-19(32)22(24)25-10-14)13(11-26-30)7-18-20(28-29(3)27-18)16-6-5-15(23)9-17(16)12(2)31/h5-6,8-11,32H,4,7H2,1-3H3,(H2,24,25). The van der Waals surface area contributed by atoms with Gasteiger partial charge in [-0.3, -0.25) is 9.48 Å². The summed E-state index contributed by atoms with van der Waals surface area (Å²) in [5.41, 5.74) is 9.74. The molecule has 0 aliphatic heterocycles. The second kappa shape index (κ2) is 8.22. The third kappa shape index (κ3) is 3.82. The number of aromatic hydroxyl groups is 1. The summed E-state index contributed by atoms with van der Waals surface area (Å²) in [7, 11) is 1.68. The number of aromatic nitrogens is 6. The number of pyridine rings is 1. The molecule has 0 saturated heterocycles. The minimum Gasteiger partial charge on any atom is -0.504 e. The first-order valence-electron chi connectivity index (χ1n) is 9.99. The molecule has 0 spiro atoms. The van der Waals surface area contributed by atoms with Crippen LogP contribution < -0.4 is 5.73 Å². The minimum absolute atomic E-state index is 0.0437. The Morgan fingerprint density at radius 3 is 2.69 bits per heavy atom. The van der Waals surface area contributed by atoms with Crippen LogP contribution in [0.5, 0.6) is 5.75 Å². The van der Waals surface area contributed by atoms with E-state index in [1.165, 1.54) is 29.9 Å². The fourth-order valence-electron chi connectivity index (χ4n) is 3.69. The van der Waals surface area contributed by atoms with Crippen molar-refractivity contribution in [2.75, 3.05) is 5.73 Å². The first kappa shape index (κ1) is 21.2. The monoisotopic (exact) mass is 435 g/mol. The van der Waals surface area contributed by atoms with Crippen LogP contribution in [0, 0.1) is 5.82 Å². The van der Waals surface area contributed by atoms with Gasteiger partial charge in [0, 0.05) is 48.5 Å². The van der Waals surface area contributed by atoms with E-state index in [0.717, 1.165) is 11.3 Å². The Morgan fingerprint density at radius 2 is 2.00 bits per heavy atom. The molecule has 0 fully saturated rings. The maximum Gasteiger partial charge on any atom is 0.165 e. The molecule has 0 aliphatic carbocycles. The smallest absolute Gasteiger partial charge is 0.165 e. The number of nitrogens with zero attached hydrogens (tertiary/aromatic N) is 6. The molecule has 4 aromatic rings. The number of nitrogens with two attached hydrogens (primary N) is 1. The van der Waals surface area contributed by atoms with Crippen LogP contribution in [-0.2, 0) is 20.0 Å². The van der Waals surface area contributed by atoms with E-state index < -0.39 is 5.82 Å². The molecule has 3 aromatic heterocycles. The van der Waals surface area contributed by atoms with Crippen molar-refractivity contribution in [3.8, 4) is 28.3 Å². The summed E-state index contributed by atoms with van der Waals surface area (Å²) in [6, 6.07) is 5.58. The zero-order chi connectivity index (χ0) is 23.0. The quantitative estimate of drug-likeness (QED) is 0.446. The third-order valence-corrected chi connectivity index (χ3v) is 5.14. The lowest BCUT2D eigenvalue weighted by molar-refractivity contribution is 0.101. The number of aryl methyl sites for hydroxylation is 2. The molecule has 0 saturated carbocycles. The van der Waals surface area contributed by atoms with E-state index in [9.17, 15) is 14.3 Å². The van der Waals surface area contributed by atoms with Gasteiger partial charge in [0.2, 0.25) is 0 Å². The number of ketones is 1. The second-order valence-electron chi connectivity index (χ2n) is 7.37.